The number of cyclic esters (lactones) is 1. The first-order valence-electron chi connectivity index (χ1n) is 8.96. The zero-order chi connectivity index (χ0) is 22.7. The van der Waals surface area contributed by atoms with Crippen molar-refractivity contribution in [2.24, 2.45) is 0 Å². The molecule has 2 saturated heterocycles. The Hall–Kier alpha value is -2.01. The second kappa shape index (κ2) is 7.54. The van der Waals surface area contributed by atoms with Gasteiger partial charge in [0.1, 0.15) is 11.8 Å². The smallest absolute Gasteiger partial charge is 0.433 e. The number of fused-ring (bicyclic) bond motifs is 1. The van der Waals surface area contributed by atoms with E-state index in [9.17, 15) is 31.1 Å². The van der Waals surface area contributed by atoms with E-state index in [0.29, 0.717) is 6.42 Å². The van der Waals surface area contributed by atoms with Gasteiger partial charge in [-0.2, -0.15) is 26.3 Å². The monoisotopic (exact) mass is 528 g/mol. The van der Waals surface area contributed by atoms with Crippen LogP contribution in [0.1, 0.15) is 47.5 Å². The topological polar surface area (TPSA) is 42.4 Å². The molecule has 3 atom stereocenters. The fourth-order valence-corrected chi connectivity index (χ4v) is 4.72. The van der Waals surface area contributed by atoms with Crippen molar-refractivity contribution in [3.63, 3.8) is 0 Å². The predicted octanol–water partition coefficient (Wildman–Crippen LogP) is 6.93. The first-order valence-corrected chi connectivity index (χ1v) is 10.1. The molecule has 0 aliphatic carbocycles. The molecule has 0 unspecified atom stereocenters. The molecule has 2 aromatic rings. The van der Waals surface area contributed by atoms with Crippen LogP contribution in [0.4, 0.5) is 31.1 Å². The minimum absolute atomic E-state index is 0.0111. The molecule has 12 heteroatoms. The van der Waals surface area contributed by atoms with E-state index in [-0.39, 0.29) is 27.2 Å². The fourth-order valence-electron chi connectivity index (χ4n) is 3.99. The maximum atomic E-state index is 13.2. The summed E-state index contributed by atoms with van der Waals surface area (Å²) in [4.78, 5) is 17.5. The summed E-state index contributed by atoms with van der Waals surface area (Å²) >= 11 is 9.02. The molecule has 2 fully saturated rings. The third kappa shape index (κ3) is 4.09. The molecule has 31 heavy (non-hydrogen) atoms. The zero-order valence-electron chi connectivity index (χ0n) is 15.3. The van der Waals surface area contributed by atoms with Crippen LogP contribution in [-0.2, 0) is 17.1 Å². The van der Waals surface area contributed by atoms with Crippen LogP contribution in [0.25, 0.3) is 0 Å². The van der Waals surface area contributed by atoms with Crippen molar-refractivity contribution in [2.45, 2.75) is 43.4 Å². The molecular formula is C19H12BrClF6N2O2. The molecule has 0 bridgehead atoms. The number of rotatable bonds is 2. The van der Waals surface area contributed by atoms with E-state index in [1.165, 1.54) is 17.0 Å². The molecule has 1 amide bonds. The number of benzene rings is 1. The summed E-state index contributed by atoms with van der Waals surface area (Å²) in [5.74, 6) is 0. The molecule has 3 heterocycles. The number of hydrogen-bond acceptors (Lipinski definition) is 3. The van der Waals surface area contributed by atoms with Gasteiger partial charge in [-0.3, -0.25) is 4.90 Å². The molecule has 0 N–H and O–H groups in total. The van der Waals surface area contributed by atoms with Gasteiger partial charge >= 0.3 is 18.4 Å². The van der Waals surface area contributed by atoms with Crippen LogP contribution in [0.5, 0.6) is 0 Å². The average molecular weight is 530 g/mol. The van der Waals surface area contributed by atoms with Gasteiger partial charge in [0.05, 0.1) is 23.3 Å². The molecule has 1 aromatic carbocycles. The van der Waals surface area contributed by atoms with Crippen LogP contribution in [0.2, 0.25) is 5.02 Å². The summed E-state index contributed by atoms with van der Waals surface area (Å²) in [7, 11) is 0. The van der Waals surface area contributed by atoms with E-state index in [1.807, 2.05) is 0 Å². The highest BCUT2D eigenvalue weighted by Gasteiger charge is 2.51. The van der Waals surface area contributed by atoms with E-state index in [0.717, 1.165) is 18.2 Å². The Kier molecular flexibility index (Phi) is 5.40. The molecule has 1 aromatic heterocycles. The van der Waals surface area contributed by atoms with Crippen LogP contribution in [0.15, 0.2) is 34.8 Å². The van der Waals surface area contributed by atoms with Crippen molar-refractivity contribution in [1.29, 1.82) is 0 Å². The highest BCUT2D eigenvalue weighted by molar-refractivity contribution is 9.10. The summed E-state index contributed by atoms with van der Waals surface area (Å²) in [5, 5.41) is -0.170. The number of aromatic nitrogens is 1. The van der Waals surface area contributed by atoms with Crippen molar-refractivity contribution < 1.29 is 35.9 Å². The van der Waals surface area contributed by atoms with Crippen molar-refractivity contribution in [2.75, 3.05) is 0 Å². The van der Waals surface area contributed by atoms with Crippen LogP contribution < -0.4 is 0 Å². The molecular weight excluding hydrogens is 518 g/mol. The Morgan fingerprint density at radius 3 is 2.42 bits per heavy atom. The number of carbonyl (C=O) groups excluding carboxylic acids is 1. The Morgan fingerprint density at radius 2 is 1.77 bits per heavy atom. The Balaban J connectivity index is 1.69. The lowest BCUT2D eigenvalue weighted by Gasteiger charge is -2.23. The maximum absolute atomic E-state index is 13.2. The molecule has 0 saturated carbocycles. The van der Waals surface area contributed by atoms with E-state index < -0.39 is 47.9 Å². The molecule has 0 radical (unpaired) electrons. The van der Waals surface area contributed by atoms with E-state index >= 15 is 0 Å². The fraction of sp³-hybridized carbons (Fsp3) is 0.368. The van der Waals surface area contributed by atoms with Gasteiger partial charge in [-0.05, 0) is 64.7 Å². The summed E-state index contributed by atoms with van der Waals surface area (Å²) < 4.78 is 84.4. The summed E-state index contributed by atoms with van der Waals surface area (Å²) in [6, 6.07) is 3.43. The highest BCUT2D eigenvalue weighted by atomic mass is 79.9. The lowest BCUT2D eigenvalue weighted by atomic mass is 9.99. The van der Waals surface area contributed by atoms with Crippen LogP contribution in [0.3, 0.4) is 0 Å². The molecule has 4 nitrogen and oxygen atoms in total. The second-order valence-electron chi connectivity index (χ2n) is 7.20. The van der Waals surface area contributed by atoms with Gasteiger partial charge in [-0.1, -0.05) is 11.6 Å². The normalized spacial score (nSPS) is 23.8. The predicted molar refractivity (Wildman–Crippen MR) is 100 cm³/mol. The number of alkyl halides is 6. The Morgan fingerprint density at radius 1 is 1.06 bits per heavy atom. The first kappa shape index (κ1) is 22.2. The van der Waals surface area contributed by atoms with Crippen molar-refractivity contribution in [3.8, 4) is 0 Å². The Labute approximate surface area is 185 Å². The number of carbonyl (C=O) groups is 1. The summed E-state index contributed by atoms with van der Waals surface area (Å²) in [6.07, 6.45) is -10.6. The van der Waals surface area contributed by atoms with Crippen LogP contribution in [-0.4, -0.2) is 22.0 Å². The molecule has 2 aliphatic rings. The summed E-state index contributed by atoms with van der Waals surface area (Å²) in [6.45, 7) is 0. The number of pyridine rings is 1. The number of halogens is 8. The van der Waals surface area contributed by atoms with Gasteiger partial charge in [-0.25, -0.2) is 9.78 Å². The highest BCUT2D eigenvalue weighted by Crippen LogP contribution is 2.49. The van der Waals surface area contributed by atoms with Crippen LogP contribution >= 0.6 is 27.5 Å². The maximum Gasteiger partial charge on any atom is 0.433 e. The van der Waals surface area contributed by atoms with Gasteiger partial charge in [0.25, 0.3) is 0 Å². The summed E-state index contributed by atoms with van der Waals surface area (Å²) in [5.41, 5.74) is -2.02. The van der Waals surface area contributed by atoms with Crippen molar-refractivity contribution in [1.82, 2.24) is 9.88 Å². The largest absolute Gasteiger partial charge is 0.439 e. The van der Waals surface area contributed by atoms with Crippen molar-refractivity contribution in [3.05, 3.63) is 62.3 Å². The van der Waals surface area contributed by atoms with E-state index in [2.05, 4.69) is 20.9 Å². The van der Waals surface area contributed by atoms with E-state index in [4.69, 9.17) is 16.3 Å². The van der Waals surface area contributed by atoms with Gasteiger partial charge in [0.2, 0.25) is 0 Å². The number of nitrogens with zero attached hydrogens (tertiary/aromatic N) is 2. The molecule has 166 valence electrons. The lowest BCUT2D eigenvalue weighted by Crippen LogP contribution is -2.31. The van der Waals surface area contributed by atoms with Gasteiger partial charge in [0, 0.05) is 9.50 Å². The quantitative estimate of drug-likeness (QED) is 0.396. The second-order valence-corrected chi connectivity index (χ2v) is 8.50. The minimum atomic E-state index is -4.67. The average Bonchev–Trinajstić information content (AvgIpc) is 3.21. The third-order valence-electron chi connectivity index (χ3n) is 5.27. The SMILES string of the molecule is O=C1O[C@H](c2cc(Cl)cc(C(F)(F)F)c2)[C@@H]2CC[C@@H](c3nc(C(F)(F)F)ccc3Br)N12. The van der Waals surface area contributed by atoms with Gasteiger partial charge in [-0.15, -0.1) is 0 Å². The Bertz CT molecular complexity index is 1050. The molecule has 4 rings (SSSR count). The number of amides is 1. The lowest BCUT2D eigenvalue weighted by molar-refractivity contribution is -0.141. The molecule has 2 aliphatic heterocycles. The molecule has 0 spiro atoms. The van der Waals surface area contributed by atoms with Gasteiger partial charge in [0.15, 0.2) is 0 Å². The third-order valence-corrected chi connectivity index (χ3v) is 6.16. The minimum Gasteiger partial charge on any atom is -0.439 e. The number of ether oxygens (including phenoxy) is 1. The van der Waals surface area contributed by atoms with Crippen LogP contribution in [0, 0.1) is 0 Å². The number of hydrogen-bond donors (Lipinski definition) is 0. The van der Waals surface area contributed by atoms with Gasteiger partial charge < -0.3 is 4.74 Å². The standard InChI is InChI=1S/C19H12BrClF6N2O2/c20-11-1-4-14(19(25,26)27)28-15(11)12-2-3-13-16(31-17(30)29(12)13)8-5-9(18(22,23)24)7-10(21)6-8/h1,4-7,12-13,16H,2-3H2/t12-,13-,16+/m0/s1. The van der Waals surface area contributed by atoms with Crippen molar-refractivity contribution >= 4 is 33.6 Å². The zero-order valence-corrected chi connectivity index (χ0v) is 17.6. The first-order chi connectivity index (χ1) is 14.4. The van der Waals surface area contributed by atoms with E-state index in [1.54, 1.807) is 0 Å².